The Balaban J connectivity index is 3.47. The van der Waals surface area contributed by atoms with Gasteiger partial charge in [0.15, 0.2) is 0 Å². The van der Waals surface area contributed by atoms with Gasteiger partial charge in [-0.3, -0.25) is 4.48 Å². The average Bonchev–Trinajstić information content (AvgIpc) is 2.78. The zero-order valence-corrected chi connectivity index (χ0v) is 24.8. The molecule has 2 atom stereocenters. The molecule has 3 nitrogen and oxygen atoms in total. The van der Waals surface area contributed by atoms with Gasteiger partial charge in [0.2, 0.25) is 0 Å². The Hall–Kier alpha value is -0.240. The third-order valence-corrected chi connectivity index (χ3v) is 9.56. The Morgan fingerprint density at radius 2 is 0.971 bits per heavy atom. The summed E-state index contributed by atoms with van der Waals surface area (Å²) < 4.78 is 12.5. The van der Waals surface area contributed by atoms with Crippen LogP contribution in [0.2, 0.25) is 0 Å². The summed E-state index contributed by atoms with van der Waals surface area (Å²) in [5.74, 6) is 0. The molecule has 4 heteroatoms. The molecular formula is C30H61NO2P+. The van der Waals surface area contributed by atoms with E-state index in [-0.39, 0.29) is 0 Å². The van der Waals surface area contributed by atoms with Gasteiger partial charge < -0.3 is 4.89 Å². The van der Waals surface area contributed by atoms with Crippen molar-refractivity contribution in [1.29, 1.82) is 0 Å². The molecule has 0 amide bonds. The first-order valence-electron chi connectivity index (χ1n) is 14.9. The van der Waals surface area contributed by atoms with Crippen LogP contribution >= 0.6 is 8.03 Å². The minimum absolute atomic E-state index is 0.511. The van der Waals surface area contributed by atoms with E-state index in [0.717, 1.165) is 19.3 Å². The molecular weight excluding hydrogens is 437 g/mol. The molecule has 0 heterocycles. The Bertz CT molecular complexity index is 501. The van der Waals surface area contributed by atoms with Crippen molar-refractivity contribution in [2.45, 2.75) is 160 Å². The van der Waals surface area contributed by atoms with E-state index in [4.69, 9.17) is 0 Å². The summed E-state index contributed by atoms with van der Waals surface area (Å²) >= 11 is 0. The maximum absolute atomic E-state index is 12.0. The second kappa shape index (κ2) is 22.0. The van der Waals surface area contributed by atoms with Gasteiger partial charge in [-0.15, -0.1) is 0 Å². The molecule has 202 valence electrons. The second-order valence-electron chi connectivity index (χ2n) is 11.4. The van der Waals surface area contributed by atoms with Crippen LogP contribution in [-0.2, 0) is 4.57 Å². The van der Waals surface area contributed by atoms with Gasteiger partial charge in [-0.05, 0) is 32.1 Å². The van der Waals surface area contributed by atoms with Crippen molar-refractivity contribution in [3.8, 4) is 0 Å². The number of allylic oxidation sites excluding steroid dienone is 2. The molecule has 0 aromatic carbocycles. The number of quaternary nitrogens is 1. The van der Waals surface area contributed by atoms with Crippen LogP contribution in [0, 0.1) is 0 Å². The Labute approximate surface area is 215 Å². The largest absolute Gasteiger partial charge is 0.590 e. The topological polar surface area (TPSA) is 40.1 Å². The van der Waals surface area contributed by atoms with E-state index < -0.39 is 13.3 Å². The van der Waals surface area contributed by atoms with Gasteiger partial charge in [-0.2, -0.15) is 0 Å². The number of hydrogen-bond donors (Lipinski definition) is 0. The summed E-state index contributed by atoms with van der Waals surface area (Å²) in [5, 5.41) is -0.599. The van der Waals surface area contributed by atoms with E-state index in [2.05, 4.69) is 19.1 Å². The minimum Gasteiger partial charge on any atom is -0.590 e. The number of unbranched alkanes of at least 4 members (excludes halogenated alkanes) is 18. The number of rotatable bonds is 25. The summed E-state index contributed by atoms with van der Waals surface area (Å²) in [6.45, 7) is 4.30. The molecule has 0 aliphatic rings. The van der Waals surface area contributed by atoms with Crippen LogP contribution in [0.25, 0.3) is 0 Å². The molecule has 0 aliphatic carbocycles. The fourth-order valence-electron chi connectivity index (χ4n) is 5.17. The monoisotopic (exact) mass is 498 g/mol. The Morgan fingerprint density at radius 3 is 1.29 bits per heavy atom. The third kappa shape index (κ3) is 16.4. The van der Waals surface area contributed by atoms with E-state index in [0.29, 0.717) is 10.9 Å². The zero-order chi connectivity index (χ0) is 25.5. The van der Waals surface area contributed by atoms with Gasteiger partial charge in [-0.25, -0.2) is 0 Å². The first-order valence-corrected chi connectivity index (χ1v) is 16.1. The van der Waals surface area contributed by atoms with Gasteiger partial charge in [0.1, 0.15) is 0 Å². The highest BCUT2D eigenvalue weighted by Crippen LogP contribution is 2.44. The number of nitrogens with zero attached hydrogens (tertiary/aromatic N) is 1. The first kappa shape index (κ1) is 33.8. The molecule has 0 aliphatic heterocycles. The van der Waals surface area contributed by atoms with E-state index in [1.54, 1.807) is 0 Å². The lowest BCUT2D eigenvalue weighted by atomic mass is 10.0. The van der Waals surface area contributed by atoms with Gasteiger partial charge in [0.05, 0.1) is 21.1 Å². The van der Waals surface area contributed by atoms with Crippen molar-refractivity contribution >= 4 is 8.03 Å². The number of hydrogen-bond acceptors (Lipinski definition) is 2. The normalized spacial score (nSPS) is 14.6. The molecule has 0 saturated carbocycles. The summed E-state index contributed by atoms with van der Waals surface area (Å²) in [6, 6.07) is 0. The van der Waals surface area contributed by atoms with E-state index >= 15 is 0 Å². The Kier molecular flexibility index (Phi) is 21.8. The molecule has 0 saturated heterocycles. The molecule has 0 rings (SSSR count). The van der Waals surface area contributed by atoms with E-state index in [9.17, 15) is 9.46 Å². The fraction of sp³-hybridized carbons (Fsp3) is 0.933. The lowest BCUT2D eigenvalue weighted by molar-refractivity contribution is -0.910. The second-order valence-corrected chi connectivity index (χ2v) is 12.8. The minimum atomic E-state index is -2.42. The summed E-state index contributed by atoms with van der Waals surface area (Å²) in [6.07, 6.45) is 33.0. The van der Waals surface area contributed by atoms with Crippen molar-refractivity contribution < 1.29 is 13.9 Å². The summed E-state index contributed by atoms with van der Waals surface area (Å²) in [5.41, 5.74) is 0. The van der Waals surface area contributed by atoms with Gasteiger partial charge in [-0.1, -0.05) is 127 Å². The van der Waals surface area contributed by atoms with Gasteiger partial charge in [0.25, 0.3) is 5.28 Å². The van der Waals surface area contributed by atoms with Crippen molar-refractivity contribution in [3.05, 3.63) is 12.2 Å². The zero-order valence-electron chi connectivity index (χ0n) is 23.9. The van der Waals surface area contributed by atoms with Crippen LogP contribution in [0.3, 0.4) is 0 Å². The molecule has 0 aromatic rings. The van der Waals surface area contributed by atoms with E-state index in [1.165, 1.54) is 116 Å². The third-order valence-electron chi connectivity index (χ3n) is 7.74. The van der Waals surface area contributed by atoms with Crippen LogP contribution in [-0.4, -0.2) is 30.9 Å². The SMILES string of the molecule is CCCCCCCCCCC=CCCCCCCCCCCCCC(CC)([P+](=O)[O-])[N+](C)(C)C. The van der Waals surface area contributed by atoms with Crippen molar-refractivity contribution in [2.24, 2.45) is 0 Å². The smallest absolute Gasteiger partial charge is 0.376 e. The highest BCUT2D eigenvalue weighted by atomic mass is 31.1. The Morgan fingerprint density at radius 1 is 0.618 bits per heavy atom. The quantitative estimate of drug-likeness (QED) is 0.0544. The van der Waals surface area contributed by atoms with Crippen LogP contribution in [0.4, 0.5) is 0 Å². The molecule has 0 N–H and O–H groups in total. The molecule has 34 heavy (non-hydrogen) atoms. The van der Waals surface area contributed by atoms with Gasteiger partial charge >= 0.3 is 8.03 Å². The lowest BCUT2D eigenvalue weighted by Gasteiger charge is -2.39. The van der Waals surface area contributed by atoms with Gasteiger partial charge in [0, 0.05) is 12.8 Å². The van der Waals surface area contributed by atoms with Crippen molar-refractivity contribution in [3.63, 3.8) is 0 Å². The molecule has 0 spiro atoms. The lowest BCUT2D eigenvalue weighted by Crippen LogP contribution is -2.55. The van der Waals surface area contributed by atoms with Crippen LogP contribution in [0.15, 0.2) is 12.2 Å². The highest BCUT2D eigenvalue weighted by molar-refractivity contribution is 7.38. The van der Waals surface area contributed by atoms with Crippen molar-refractivity contribution in [1.82, 2.24) is 0 Å². The summed E-state index contributed by atoms with van der Waals surface area (Å²) in [7, 11) is 3.63. The maximum Gasteiger partial charge on any atom is 0.376 e. The molecule has 0 aromatic heterocycles. The average molecular weight is 499 g/mol. The molecule has 2 unspecified atom stereocenters. The highest BCUT2D eigenvalue weighted by Gasteiger charge is 2.52. The van der Waals surface area contributed by atoms with Crippen LogP contribution in [0.1, 0.15) is 155 Å². The maximum atomic E-state index is 12.0. The summed E-state index contributed by atoms with van der Waals surface area (Å²) in [4.78, 5) is 12.0. The van der Waals surface area contributed by atoms with Crippen LogP contribution < -0.4 is 4.89 Å². The predicted molar refractivity (Wildman–Crippen MR) is 150 cm³/mol. The van der Waals surface area contributed by atoms with Crippen molar-refractivity contribution in [2.75, 3.05) is 21.1 Å². The van der Waals surface area contributed by atoms with E-state index in [1.807, 2.05) is 28.1 Å². The molecule has 0 radical (unpaired) electrons. The fourth-order valence-corrected chi connectivity index (χ4v) is 6.26. The standard InChI is InChI=1S/C30H61NO2P/c1-6-8-9-10-11-12-13-14-15-16-17-18-19-20-21-22-23-24-25-26-27-28-29-30(7-2,34(32)33)31(3,4)5/h16-17H,6-15,18-29H2,1-5H3/q+1. The molecule has 0 fully saturated rings. The molecule has 0 bridgehead atoms. The first-order chi connectivity index (χ1) is 16.3. The van der Waals surface area contributed by atoms with Crippen LogP contribution in [0.5, 0.6) is 0 Å². The predicted octanol–water partition coefficient (Wildman–Crippen LogP) is 9.67.